The van der Waals surface area contributed by atoms with Gasteiger partial charge in [0.05, 0.1) is 16.2 Å². The molecular weight excluding hydrogens is 461 g/mol. The van der Waals surface area contributed by atoms with Crippen LogP contribution in [-0.4, -0.2) is 19.6 Å². The molecular formula is C20H16BrF3N6. The lowest BCUT2D eigenvalue weighted by Crippen LogP contribution is -2.13. The molecule has 3 aromatic heterocycles. The molecule has 2 N–H and O–H groups in total. The van der Waals surface area contributed by atoms with E-state index in [-0.39, 0.29) is 12.1 Å². The molecule has 0 saturated carbocycles. The molecule has 0 bridgehead atoms. The molecule has 0 aliphatic heterocycles. The molecule has 0 amide bonds. The first-order valence-electron chi connectivity index (χ1n) is 8.98. The lowest BCUT2D eigenvalue weighted by Gasteiger charge is -2.15. The summed E-state index contributed by atoms with van der Waals surface area (Å²) < 4.78 is 42.0. The van der Waals surface area contributed by atoms with Gasteiger partial charge in [-0.15, -0.1) is 0 Å². The van der Waals surface area contributed by atoms with Gasteiger partial charge < -0.3 is 10.6 Å². The van der Waals surface area contributed by atoms with Crippen LogP contribution >= 0.6 is 15.9 Å². The van der Waals surface area contributed by atoms with Crippen molar-refractivity contribution in [1.29, 1.82) is 0 Å². The smallest absolute Gasteiger partial charge is 0.366 e. The summed E-state index contributed by atoms with van der Waals surface area (Å²) in [5.74, 6) is 1.07. The van der Waals surface area contributed by atoms with E-state index in [1.807, 2.05) is 12.1 Å². The third kappa shape index (κ3) is 4.38. The van der Waals surface area contributed by atoms with E-state index in [0.717, 1.165) is 11.6 Å². The van der Waals surface area contributed by atoms with E-state index in [2.05, 4.69) is 41.6 Å². The van der Waals surface area contributed by atoms with Gasteiger partial charge >= 0.3 is 6.18 Å². The van der Waals surface area contributed by atoms with Gasteiger partial charge in [0, 0.05) is 31.5 Å². The number of aromatic nitrogens is 4. The van der Waals surface area contributed by atoms with Crippen molar-refractivity contribution in [3.05, 3.63) is 82.2 Å². The van der Waals surface area contributed by atoms with Crippen LogP contribution < -0.4 is 10.6 Å². The average molecular weight is 477 g/mol. The fourth-order valence-corrected chi connectivity index (χ4v) is 3.33. The highest BCUT2D eigenvalue weighted by Gasteiger charge is 2.32. The Bertz CT molecular complexity index is 1160. The monoisotopic (exact) mass is 476 g/mol. The first-order valence-corrected chi connectivity index (χ1v) is 9.77. The predicted octanol–water partition coefficient (Wildman–Crippen LogP) is 5.13. The minimum absolute atomic E-state index is 0.0212. The Morgan fingerprint density at radius 2 is 1.83 bits per heavy atom. The maximum atomic E-state index is 13.2. The highest BCUT2D eigenvalue weighted by Crippen LogP contribution is 2.32. The van der Waals surface area contributed by atoms with E-state index < -0.39 is 11.7 Å². The molecule has 1 aromatic carbocycles. The number of nitrogens with one attached hydrogen (secondary N) is 2. The van der Waals surface area contributed by atoms with Crippen molar-refractivity contribution in [3.63, 3.8) is 0 Å². The van der Waals surface area contributed by atoms with Gasteiger partial charge in [-0.05, 0) is 39.2 Å². The highest BCUT2D eigenvalue weighted by molar-refractivity contribution is 9.10. The van der Waals surface area contributed by atoms with E-state index >= 15 is 0 Å². The Labute approximate surface area is 178 Å². The SMILES string of the molecule is FC(F)(F)c1ccccc1CNc1cc(NCc2cccnc2)n2ncc(Br)c2n1. The normalized spacial score (nSPS) is 11.6. The maximum Gasteiger partial charge on any atom is 0.416 e. The number of halogens is 4. The van der Waals surface area contributed by atoms with Crippen LogP contribution in [0.1, 0.15) is 16.7 Å². The van der Waals surface area contributed by atoms with Crippen LogP contribution in [0.5, 0.6) is 0 Å². The zero-order valence-electron chi connectivity index (χ0n) is 15.5. The van der Waals surface area contributed by atoms with E-state index in [1.165, 1.54) is 12.1 Å². The highest BCUT2D eigenvalue weighted by atomic mass is 79.9. The quantitative estimate of drug-likeness (QED) is 0.403. The zero-order chi connectivity index (χ0) is 21.1. The molecule has 0 spiro atoms. The molecule has 0 fully saturated rings. The van der Waals surface area contributed by atoms with Gasteiger partial charge in [-0.2, -0.15) is 22.8 Å². The minimum Gasteiger partial charge on any atom is -0.366 e. The summed E-state index contributed by atoms with van der Waals surface area (Å²) in [7, 11) is 0. The van der Waals surface area contributed by atoms with Crippen molar-refractivity contribution >= 4 is 33.2 Å². The van der Waals surface area contributed by atoms with Crippen LogP contribution in [0.15, 0.2) is 65.5 Å². The van der Waals surface area contributed by atoms with Crippen molar-refractivity contribution in [2.24, 2.45) is 0 Å². The van der Waals surface area contributed by atoms with Gasteiger partial charge in [0.2, 0.25) is 0 Å². The van der Waals surface area contributed by atoms with E-state index in [4.69, 9.17) is 0 Å². The lowest BCUT2D eigenvalue weighted by molar-refractivity contribution is -0.138. The molecule has 6 nitrogen and oxygen atoms in total. The van der Waals surface area contributed by atoms with Gasteiger partial charge in [0.25, 0.3) is 0 Å². The van der Waals surface area contributed by atoms with E-state index in [1.54, 1.807) is 35.2 Å². The van der Waals surface area contributed by atoms with Crippen LogP contribution in [0.25, 0.3) is 5.65 Å². The number of hydrogen-bond acceptors (Lipinski definition) is 5. The Morgan fingerprint density at radius 3 is 2.60 bits per heavy atom. The largest absolute Gasteiger partial charge is 0.416 e. The zero-order valence-corrected chi connectivity index (χ0v) is 17.1. The second-order valence-corrected chi connectivity index (χ2v) is 7.33. The molecule has 30 heavy (non-hydrogen) atoms. The maximum absolute atomic E-state index is 13.2. The summed E-state index contributed by atoms with van der Waals surface area (Å²) in [4.78, 5) is 8.55. The summed E-state index contributed by atoms with van der Waals surface area (Å²) >= 11 is 3.40. The molecule has 4 aromatic rings. The summed E-state index contributed by atoms with van der Waals surface area (Å²) in [6.45, 7) is 0.480. The Hall–Kier alpha value is -3.14. The predicted molar refractivity (Wildman–Crippen MR) is 111 cm³/mol. The van der Waals surface area contributed by atoms with Gasteiger partial charge in [-0.1, -0.05) is 24.3 Å². The number of fused-ring (bicyclic) bond motifs is 1. The molecule has 0 radical (unpaired) electrons. The number of rotatable bonds is 6. The molecule has 0 aliphatic carbocycles. The van der Waals surface area contributed by atoms with Crippen molar-refractivity contribution in [2.75, 3.05) is 10.6 Å². The van der Waals surface area contributed by atoms with Crippen LogP contribution in [0.4, 0.5) is 24.8 Å². The molecule has 0 saturated heterocycles. The second-order valence-electron chi connectivity index (χ2n) is 6.48. The molecule has 0 aliphatic rings. The minimum atomic E-state index is -4.42. The summed E-state index contributed by atoms with van der Waals surface area (Å²) in [5, 5.41) is 10.6. The van der Waals surface area contributed by atoms with E-state index in [9.17, 15) is 13.2 Å². The molecule has 4 rings (SSSR count). The first kappa shape index (κ1) is 20.1. The summed E-state index contributed by atoms with van der Waals surface area (Å²) in [5.41, 5.74) is 0.989. The third-order valence-electron chi connectivity index (χ3n) is 4.41. The van der Waals surface area contributed by atoms with Gasteiger partial charge in [0.1, 0.15) is 11.6 Å². The van der Waals surface area contributed by atoms with Crippen LogP contribution in [0, 0.1) is 0 Å². The van der Waals surface area contributed by atoms with E-state index in [0.29, 0.717) is 28.3 Å². The second kappa shape index (κ2) is 8.31. The Morgan fingerprint density at radius 1 is 1.00 bits per heavy atom. The summed E-state index contributed by atoms with van der Waals surface area (Å²) in [6, 6.07) is 11.0. The van der Waals surface area contributed by atoms with Gasteiger partial charge in [0.15, 0.2) is 5.65 Å². The van der Waals surface area contributed by atoms with Crippen molar-refractivity contribution < 1.29 is 13.2 Å². The first-order chi connectivity index (χ1) is 14.4. The van der Waals surface area contributed by atoms with Crippen molar-refractivity contribution in [3.8, 4) is 0 Å². The number of alkyl halides is 3. The molecule has 10 heteroatoms. The summed E-state index contributed by atoms with van der Waals surface area (Å²) in [6.07, 6.45) is 0.637. The Balaban J connectivity index is 1.60. The topological polar surface area (TPSA) is 67.1 Å². The number of anilines is 2. The molecule has 0 atom stereocenters. The third-order valence-corrected chi connectivity index (χ3v) is 4.97. The number of benzene rings is 1. The van der Waals surface area contributed by atoms with Crippen LogP contribution in [-0.2, 0) is 19.3 Å². The van der Waals surface area contributed by atoms with Crippen molar-refractivity contribution in [2.45, 2.75) is 19.3 Å². The van der Waals surface area contributed by atoms with Crippen LogP contribution in [0.2, 0.25) is 0 Å². The fourth-order valence-electron chi connectivity index (χ4n) is 2.98. The molecule has 154 valence electrons. The molecule has 0 unspecified atom stereocenters. The average Bonchev–Trinajstić information content (AvgIpc) is 3.12. The fraction of sp³-hybridized carbons (Fsp3) is 0.150. The standard InChI is InChI=1S/C20H16BrF3N6/c21-16-12-28-30-18(27-10-13-4-3-7-25-9-13)8-17(29-19(16)30)26-11-14-5-1-2-6-15(14)20(22,23)24/h1-9,12,27H,10-11H2,(H,26,29). The van der Waals surface area contributed by atoms with Gasteiger partial charge in [-0.3, -0.25) is 4.98 Å². The molecule has 3 heterocycles. The number of pyridine rings is 1. The van der Waals surface area contributed by atoms with Gasteiger partial charge in [-0.25, -0.2) is 4.98 Å². The number of hydrogen-bond donors (Lipinski definition) is 2. The Kier molecular flexibility index (Phi) is 5.58. The lowest BCUT2D eigenvalue weighted by atomic mass is 10.1. The van der Waals surface area contributed by atoms with Crippen molar-refractivity contribution in [1.82, 2.24) is 19.6 Å². The van der Waals surface area contributed by atoms with Crippen LogP contribution in [0.3, 0.4) is 0 Å². The number of nitrogens with zero attached hydrogens (tertiary/aromatic N) is 4.